The summed E-state index contributed by atoms with van der Waals surface area (Å²) in [4.78, 5) is 11.8. The van der Waals surface area contributed by atoms with Crippen molar-refractivity contribution in [1.29, 1.82) is 0 Å². The van der Waals surface area contributed by atoms with E-state index in [9.17, 15) is 4.79 Å². The van der Waals surface area contributed by atoms with Crippen molar-refractivity contribution in [2.24, 2.45) is 17.3 Å². The van der Waals surface area contributed by atoms with Gasteiger partial charge in [-0.2, -0.15) is 0 Å². The maximum absolute atomic E-state index is 11.8. The van der Waals surface area contributed by atoms with E-state index in [0.717, 1.165) is 13.1 Å². The molecule has 0 aliphatic heterocycles. The molecule has 1 atom stereocenters. The minimum Gasteiger partial charge on any atom is -0.444 e. The van der Waals surface area contributed by atoms with Crippen LogP contribution in [0.25, 0.3) is 0 Å². The first-order valence-corrected chi connectivity index (χ1v) is 9.35. The first kappa shape index (κ1) is 20.3. The lowest BCUT2D eigenvalue weighted by Gasteiger charge is -2.30. The highest BCUT2D eigenvalue weighted by Crippen LogP contribution is 2.40. The van der Waals surface area contributed by atoms with Gasteiger partial charge in [0, 0.05) is 13.1 Å². The minimum atomic E-state index is -0.439. The van der Waals surface area contributed by atoms with Gasteiger partial charge in [0.15, 0.2) is 0 Å². The van der Waals surface area contributed by atoms with Gasteiger partial charge in [0.05, 0.1) is 0 Å². The Kier molecular flexibility index (Phi) is 7.85. The summed E-state index contributed by atoms with van der Waals surface area (Å²) >= 11 is 0. The van der Waals surface area contributed by atoms with Gasteiger partial charge < -0.3 is 15.4 Å². The zero-order valence-corrected chi connectivity index (χ0v) is 16.1. The van der Waals surface area contributed by atoms with E-state index < -0.39 is 5.60 Å². The lowest BCUT2D eigenvalue weighted by molar-refractivity contribution is 0.0514. The Hall–Kier alpha value is -0.770. The topological polar surface area (TPSA) is 50.4 Å². The highest BCUT2D eigenvalue weighted by Gasteiger charge is 2.31. The van der Waals surface area contributed by atoms with Crippen LogP contribution in [0.2, 0.25) is 0 Å². The van der Waals surface area contributed by atoms with Crippen LogP contribution in [0.1, 0.15) is 73.6 Å². The van der Waals surface area contributed by atoms with Crippen LogP contribution in [0.3, 0.4) is 0 Å². The number of carbonyl (C=O) groups is 1. The number of ether oxygens (including phenoxy) is 1. The van der Waals surface area contributed by atoms with Gasteiger partial charge in [-0.1, -0.05) is 33.6 Å². The second-order valence-corrected chi connectivity index (χ2v) is 8.58. The van der Waals surface area contributed by atoms with Crippen molar-refractivity contribution in [3.05, 3.63) is 0 Å². The third-order valence-corrected chi connectivity index (χ3v) is 5.17. The molecule has 1 amide bonds. The second kappa shape index (κ2) is 8.91. The molecule has 0 radical (unpaired) electrons. The number of amides is 1. The third kappa shape index (κ3) is 7.56. The van der Waals surface area contributed by atoms with Crippen LogP contribution in [0.4, 0.5) is 4.79 Å². The largest absolute Gasteiger partial charge is 0.444 e. The molecule has 0 saturated heterocycles. The molecule has 0 bridgehead atoms. The maximum Gasteiger partial charge on any atom is 0.407 e. The van der Waals surface area contributed by atoms with Crippen LogP contribution < -0.4 is 10.6 Å². The molecule has 0 spiro atoms. The van der Waals surface area contributed by atoms with Gasteiger partial charge in [0.2, 0.25) is 0 Å². The lowest BCUT2D eigenvalue weighted by atomic mass is 9.83. The molecule has 1 fully saturated rings. The molecule has 136 valence electrons. The summed E-state index contributed by atoms with van der Waals surface area (Å²) in [5.41, 5.74) is 0.0752. The smallest absolute Gasteiger partial charge is 0.407 e. The van der Waals surface area contributed by atoms with Gasteiger partial charge >= 0.3 is 6.09 Å². The number of rotatable bonds is 8. The molecule has 4 nitrogen and oxygen atoms in total. The molecular formula is C19H38N2O2. The molecule has 1 saturated carbocycles. The van der Waals surface area contributed by atoms with Crippen LogP contribution in [0.15, 0.2) is 0 Å². The van der Waals surface area contributed by atoms with E-state index in [1.54, 1.807) is 0 Å². The van der Waals surface area contributed by atoms with E-state index in [0.29, 0.717) is 23.8 Å². The van der Waals surface area contributed by atoms with E-state index in [-0.39, 0.29) is 6.09 Å². The van der Waals surface area contributed by atoms with Crippen molar-refractivity contribution in [1.82, 2.24) is 10.6 Å². The Balaban J connectivity index is 2.36. The molecule has 1 unspecified atom stereocenters. The molecule has 0 aromatic heterocycles. The summed E-state index contributed by atoms with van der Waals surface area (Å²) in [6.45, 7) is 15.1. The fourth-order valence-electron chi connectivity index (χ4n) is 3.38. The molecule has 1 aliphatic carbocycles. The van der Waals surface area contributed by atoms with Gasteiger partial charge in [-0.15, -0.1) is 0 Å². The highest BCUT2D eigenvalue weighted by atomic mass is 16.6. The van der Waals surface area contributed by atoms with Crippen molar-refractivity contribution in [2.75, 3.05) is 19.6 Å². The van der Waals surface area contributed by atoms with Gasteiger partial charge in [0.25, 0.3) is 0 Å². The number of carbonyl (C=O) groups excluding carboxylic acids is 1. The van der Waals surface area contributed by atoms with Gasteiger partial charge in [-0.3, -0.25) is 0 Å². The van der Waals surface area contributed by atoms with Crippen molar-refractivity contribution in [3.63, 3.8) is 0 Å². The quantitative estimate of drug-likeness (QED) is 0.697. The summed E-state index contributed by atoms with van der Waals surface area (Å²) in [6.07, 6.45) is 6.43. The Bertz CT molecular complexity index is 355. The fraction of sp³-hybridized carbons (Fsp3) is 0.947. The first-order valence-electron chi connectivity index (χ1n) is 9.35. The van der Waals surface area contributed by atoms with E-state index in [1.807, 2.05) is 20.8 Å². The number of nitrogens with one attached hydrogen (secondary N) is 2. The average molecular weight is 327 g/mol. The molecule has 1 aliphatic rings. The second-order valence-electron chi connectivity index (χ2n) is 8.58. The maximum atomic E-state index is 11.8. The fourth-order valence-corrected chi connectivity index (χ4v) is 3.38. The van der Waals surface area contributed by atoms with Crippen molar-refractivity contribution >= 4 is 6.09 Å². The number of alkyl carbamates (subject to hydrolysis) is 1. The minimum absolute atomic E-state index is 0.316. The standard InChI is InChI=1S/C19H38N2O2/c1-7-19(10-8-9-11-19)14-20-12-16(15(2)3)13-21-17(22)23-18(4,5)6/h15-16,20H,7-14H2,1-6H3,(H,21,22). The van der Waals surface area contributed by atoms with Crippen molar-refractivity contribution < 1.29 is 9.53 Å². The summed E-state index contributed by atoms with van der Waals surface area (Å²) in [5, 5.41) is 6.60. The molecule has 0 aromatic rings. The SMILES string of the molecule is CCC1(CNCC(CNC(=O)OC(C)(C)C)C(C)C)CCCC1. The molecule has 0 heterocycles. The van der Waals surface area contributed by atoms with E-state index in [1.165, 1.54) is 32.1 Å². The third-order valence-electron chi connectivity index (χ3n) is 5.17. The first-order chi connectivity index (χ1) is 10.7. The molecule has 23 heavy (non-hydrogen) atoms. The molecular weight excluding hydrogens is 288 g/mol. The molecule has 4 heteroatoms. The summed E-state index contributed by atoms with van der Waals surface area (Å²) < 4.78 is 5.32. The van der Waals surface area contributed by atoms with E-state index in [2.05, 4.69) is 31.4 Å². The Morgan fingerprint density at radius 1 is 1.17 bits per heavy atom. The monoisotopic (exact) mass is 326 g/mol. The zero-order valence-electron chi connectivity index (χ0n) is 16.1. The number of hydrogen-bond acceptors (Lipinski definition) is 3. The summed E-state index contributed by atoms with van der Waals surface area (Å²) in [6, 6.07) is 0. The van der Waals surface area contributed by atoms with Crippen molar-refractivity contribution in [2.45, 2.75) is 79.2 Å². The lowest BCUT2D eigenvalue weighted by Crippen LogP contribution is -2.41. The summed E-state index contributed by atoms with van der Waals surface area (Å²) in [5.74, 6) is 0.955. The van der Waals surface area contributed by atoms with Crippen molar-refractivity contribution in [3.8, 4) is 0 Å². The van der Waals surface area contributed by atoms with E-state index in [4.69, 9.17) is 4.74 Å². The van der Waals surface area contributed by atoms with Gasteiger partial charge in [0.1, 0.15) is 5.60 Å². The van der Waals surface area contributed by atoms with Crippen LogP contribution in [-0.4, -0.2) is 31.3 Å². The predicted molar refractivity (Wildman–Crippen MR) is 96.6 cm³/mol. The van der Waals surface area contributed by atoms with Crippen LogP contribution in [-0.2, 0) is 4.74 Å². The Morgan fingerprint density at radius 3 is 2.26 bits per heavy atom. The molecule has 1 rings (SSSR count). The zero-order chi connectivity index (χ0) is 17.5. The van der Waals surface area contributed by atoms with E-state index >= 15 is 0 Å². The average Bonchev–Trinajstić information content (AvgIpc) is 2.89. The van der Waals surface area contributed by atoms with Gasteiger partial charge in [-0.25, -0.2) is 4.79 Å². The predicted octanol–water partition coefficient (Wildman–Crippen LogP) is 4.34. The van der Waals surface area contributed by atoms with Crippen LogP contribution >= 0.6 is 0 Å². The van der Waals surface area contributed by atoms with Crippen LogP contribution in [0, 0.1) is 17.3 Å². The Morgan fingerprint density at radius 2 is 1.78 bits per heavy atom. The number of hydrogen-bond donors (Lipinski definition) is 2. The van der Waals surface area contributed by atoms with Crippen LogP contribution in [0.5, 0.6) is 0 Å². The normalized spacial score (nSPS) is 18.9. The molecule has 0 aromatic carbocycles. The van der Waals surface area contributed by atoms with Gasteiger partial charge in [-0.05, 0) is 63.8 Å². The molecule has 2 N–H and O–H groups in total. The Labute approximate surface area is 143 Å². The highest BCUT2D eigenvalue weighted by molar-refractivity contribution is 5.67. The summed E-state index contributed by atoms with van der Waals surface area (Å²) in [7, 11) is 0.